The molecular formula is C12H17BrN2O3. The molecule has 0 aliphatic heterocycles. The number of quaternary nitrogens is 1. The summed E-state index contributed by atoms with van der Waals surface area (Å²) in [6, 6.07) is 5.74. The summed E-state index contributed by atoms with van der Waals surface area (Å²) in [6.07, 6.45) is 0.446. The molecule has 0 spiro atoms. The first-order valence-corrected chi connectivity index (χ1v) is 5.38. The van der Waals surface area contributed by atoms with Crippen LogP contribution in [0.25, 0.3) is 0 Å². The van der Waals surface area contributed by atoms with Gasteiger partial charge in [-0.2, -0.15) is 0 Å². The summed E-state index contributed by atoms with van der Waals surface area (Å²) in [6.45, 7) is 0.746. The summed E-state index contributed by atoms with van der Waals surface area (Å²) >= 11 is 0. The number of carbonyl (C=O) groups is 1. The average Bonchev–Trinajstić information content (AvgIpc) is 2.25. The Morgan fingerprint density at radius 1 is 1.22 bits per heavy atom. The number of nitro groups is 1. The number of rotatable bonds is 5. The summed E-state index contributed by atoms with van der Waals surface area (Å²) in [5, 5.41) is 10.5. The van der Waals surface area contributed by atoms with Gasteiger partial charge in [-0.05, 0) is 12.1 Å². The third kappa shape index (κ3) is 5.37. The molecule has 1 aromatic carbocycles. The minimum absolute atomic E-state index is 0. The molecule has 0 radical (unpaired) electrons. The highest BCUT2D eigenvalue weighted by Crippen LogP contribution is 2.13. The van der Waals surface area contributed by atoms with Crippen molar-refractivity contribution in [1.29, 1.82) is 0 Å². The molecule has 6 heteroatoms. The molecule has 0 saturated heterocycles. The van der Waals surface area contributed by atoms with Gasteiger partial charge in [0.05, 0.1) is 39.0 Å². The number of nitrogens with zero attached hydrogens (tertiary/aromatic N) is 2. The van der Waals surface area contributed by atoms with Gasteiger partial charge in [-0.25, -0.2) is 0 Å². The van der Waals surface area contributed by atoms with Gasteiger partial charge in [0.2, 0.25) is 0 Å². The number of hydrogen-bond donors (Lipinski definition) is 0. The first-order chi connectivity index (χ1) is 7.79. The zero-order valence-corrected chi connectivity index (χ0v) is 12.3. The first-order valence-electron chi connectivity index (χ1n) is 5.38. The Bertz CT molecular complexity index is 424. The zero-order valence-electron chi connectivity index (χ0n) is 10.7. The van der Waals surface area contributed by atoms with Crippen LogP contribution >= 0.6 is 0 Å². The van der Waals surface area contributed by atoms with Crippen LogP contribution in [0, 0.1) is 10.1 Å². The fraction of sp³-hybridized carbons (Fsp3) is 0.417. The predicted octanol–water partition coefficient (Wildman–Crippen LogP) is -1.12. The van der Waals surface area contributed by atoms with Gasteiger partial charge >= 0.3 is 0 Å². The third-order valence-electron chi connectivity index (χ3n) is 2.41. The zero-order chi connectivity index (χ0) is 13.1. The minimum atomic E-state index is -0.472. The molecule has 0 unspecified atom stereocenters. The Morgan fingerprint density at radius 2 is 1.72 bits per heavy atom. The van der Waals surface area contributed by atoms with E-state index >= 15 is 0 Å². The van der Waals surface area contributed by atoms with E-state index in [1.165, 1.54) is 24.3 Å². The van der Waals surface area contributed by atoms with E-state index < -0.39 is 4.92 Å². The fourth-order valence-electron chi connectivity index (χ4n) is 1.35. The maximum absolute atomic E-state index is 11.8. The van der Waals surface area contributed by atoms with E-state index in [-0.39, 0.29) is 28.5 Å². The monoisotopic (exact) mass is 316 g/mol. The molecule has 100 valence electrons. The van der Waals surface area contributed by atoms with Crippen LogP contribution in [0.15, 0.2) is 24.3 Å². The molecule has 5 nitrogen and oxygen atoms in total. The molecule has 0 heterocycles. The standard InChI is InChI=1S/C12H17N2O3.BrH/c1-14(2,3)9-8-12(15)10-4-6-11(7-5-10)13(16)17;/h4-7H,8-9H2,1-3H3;1H/q+1;/p-1. The van der Waals surface area contributed by atoms with E-state index in [9.17, 15) is 14.9 Å². The molecule has 0 aliphatic rings. The topological polar surface area (TPSA) is 60.2 Å². The second kappa shape index (κ2) is 6.61. The molecule has 0 aromatic heterocycles. The number of nitro benzene ring substituents is 1. The largest absolute Gasteiger partial charge is 1.00 e. The van der Waals surface area contributed by atoms with Gasteiger partial charge in [0, 0.05) is 17.7 Å². The number of non-ortho nitro benzene ring substituents is 1. The third-order valence-corrected chi connectivity index (χ3v) is 2.41. The highest BCUT2D eigenvalue weighted by atomic mass is 79.9. The second-order valence-corrected chi connectivity index (χ2v) is 4.99. The lowest BCUT2D eigenvalue weighted by molar-refractivity contribution is -0.869. The smallest absolute Gasteiger partial charge is 0.269 e. The number of ketones is 1. The van der Waals surface area contributed by atoms with Gasteiger partial charge in [0.1, 0.15) is 0 Å². The van der Waals surface area contributed by atoms with Gasteiger partial charge in [0.15, 0.2) is 5.78 Å². The number of hydrogen-bond acceptors (Lipinski definition) is 3. The normalized spacial score (nSPS) is 10.6. The van der Waals surface area contributed by atoms with Crippen molar-refractivity contribution in [3.63, 3.8) is 0 Å². The first kappa shape index (κ1) is 16.7. The van der Waals surface area contributed by atoms with E-state index in [1.807, 2.05) is 21.1 Å². The van der Waals surface area contributed by atoms with E-state index in [1.54, 1.807) is 0 Å². The van der Waals surface area contributed by atoms with Crippen molar-refractivity contribution in [3.8, 4) is 0 Å². The lowest BCUT2D eigenvalue weighted by Gasteiger charge is -2.23. The van der Waals surface area contributed by atoms with Gasteiger partial charge in [-0.3, -0.25) is 14.9 Å². The SMILES string of the molecule is C[N+](C)(C)CCC(=O)c1ccc([N+](=O)[O-])cc1.[Br-]. The summed E-state index contributed by atoms with van der Waals surface area (Å²) < 4.78 is 0.721. The van der Waals surface area contributed by atoms with E-state index in [0.29, 0.717) is 12.0 Å². The van der Waals surface area contributed by atoms with Crippen LogP contribution in [-0.2, 0) is 0 Å². The highest BCUT2D eigenvalue weighted by molar-refractivity contribution is 5.96. The molecule has 1 rings (SSSR count). The number of halogens is 1. The molecule has 0 atom stereocenters. The lowest BCUT2D eigenvalue weighted by Crippen LogP contribution is -3.00. The van der Waals surface area contributed by atoms with E-state index in [0.717, 1.165) is 11.0 Å². The molecule has 0 N–H and O–H groups in total. The quantitative estimate of drug-likeness (QED) is 0.299. The van der Waals surface area contributed by atoms with E-state index in [4.69, 9.17) is 0 Å². The Kier molecular flexibility index (Phi) is 6.14. The van der Waals surface area contributed by atoms with Gasteiger partial charge < -0.3 is 21.5 Å². The molecule has 18 heavy (non-hydrogen) atoms. The Morgan fingerprint density at radius 3 is 2.11 bits per heavy atom. The minimum Gasteiger partial charge on any atom is -1.00 e. The molecule has 0 amide bonds. The van der Waals surface area contributed by atoms with Crippen molar-refractivity contribution in [2.45, 2.75) is 6.42 Å². The summed E-state index contributed by atoms with van der Waals surface area (Å²) in [7, 11) is 6.05. The maximum atomic E-state index is 11.8. The van der Waals surface area contributed by atoms with Crippen molar-refractivity contribution in [2.24, 2.45) is 0 Å². The van der Waals surface area contributed by atoms with Crippen LogP contribution in [0.2, 0.25) is 0 Å². The molecule has 0 fully saturated rings. The van der Waals surface area contributed by atoms with Crippen molar-refractivity contribution in [2.75, 3.05) is 27.7 Å². The molecule has 0 aliphatic carbocycles. The molecule has 1 aromatic rings. The van der Waals surface area contributed by atoms with Crippen molar-refractivity contribution < 1.29 is 31.2 Å². The van der Waals surface area contributed by atoms with Gasteiger partial charge in [-0.15, -0.1) is 0 Å². The Labute approximate surface area is 117 Å². The molecule has 0 saturated carbocycles. The summed E-state index contributed by atoms with van der Waals surface area (Å²) in [5.74, 6) is 0.0212. The van der Waals surface area contributed by atoms with Crippen LogP contribution < -0.4 is 17.0 Å². The fourth-order valence-corrected chi connectivity index (χ4v) is 1.35. The lowest BCUT2D eigenvalue weighted by atomic mass is 10.1. The summed E-state index contributed by atoms with van der Waals surface area (Å²) in [4.78, 5) is 21.8. The van der Waals surface area contributed by atoms with E-state index in [2.05, 4.69) is 0 Å². The van der Waals surface area contributed by atoms with Crippen LogP contribution in [0.4, 0.5) is 5.69 Å². The Balaban J connectivity index is 0.00000289. The van der Waals surface area contributed by atoms with Crippen LogP contribution in [0.5, 0.6) is 0 Å². The van der Waals surface area contributed by atoms with Crippen molar-refractivity contribution >= 4 is 11.5 Å². The van der Waals surface area contributed by atoms with Crippen molar-refractivity contribution in [3.05, 3.63) is 39.9 Å². The maximum Gasteiger partial charge on any atom is 0.269 e. The van der Waals surface area contributed by atoms with Crippen LogP contribution in [0.1, 0.15) is 16.8 Å². The van der Waals surface area contributed by atoms with Crippen molar-refractivity contribution in [1.82, 2.24) is 0 Å². The average molecular weight is 317 g/mol. The van der Waals surface area contributed by atoms with Crippen LogP contribution in [-0.4, -0.2) is 42.9 Å². The number of Topliss-reactive ketones (excluding diaryl/α,β-unsaturated/α-hetero) is 1. The van der Waals surface area contributed by atoms with Crippen LogP contribution in [0.3, 0.4) is 0 Å². The molecule has 0 bridgehead atoms. The second-order valence-electron chi connectivity index (χ2n) is 4.99. The highest BCUT2D eigenvalue weighted by Gasteiger charge is 2.13. The van der Waals surface area contributed by atoms with Gasteiger partial charge in [0.25, 0.3) is 5.69 Å². The molecular weight excluding hydrogens is 300 g/mol. The Hall–Kier alpha value is -1.27. The van der Waals surface area contributed by atoms with Gasteiger partial charge in [-0.1, -0.05) is 0 Å². The predicted molar refractivity (Wildman–Crippen MR) is 64.9 cm³/mol. The summed E-state index contributed by atoms with van der Waals surface area (Å²) in [5.41, 5.74) is 0.539. The number of carbonyl (C=O) groups excluding carboxylic acids is 1. The number of benzene rings is 1.